The molecule has 1 fully saturated rings. The highest BCUT2D eigenvalue weighted by Crippen LogP contribution is 2.12. The van der Waals surface area contributed by atoms with Crippen molar-refractivity contribution in [1.82, 2.24) is 20.4 Å². The van der Waals surface area contributed by atoms with Gasteiger partial charge in [0, 0.05) is 26.2 Å². The molecule has 8 heteroatoms. The first-order valence-electron chi connectivity index (χ1n) is 10.9. The summed E-state index contributed by atoms with van der Waals surface area (Å²) in [7, 11) is 4.26. The van der Waals surface area contributed by atoms with E-state index in [0.29, 0.717) is 0 Å². The topological polar surface area (TPSA) is 69.2 Å². The Balaban J connectivity index is 0.00000784. The summed E-state index contributed by atoms with van der Waals surface area (Å²) in [5.74, 6) is 0.962. The minimum Gasteiger partial charge on any atom is -0.444 e. The number of hydrogen-bond donors (Lipinski definition) is 2. The molecule has 1 amide bonds. The van der Waals surface area contributed by atoms with E-state index < -0.39 is 5.60 Å². The fourth-order valence-electron chi connectivity index (χ4n) is 3.23. The van der Waals surface area contributed by atoms with Gasteiger partial charge >= 0.3 is 6.09 Å². The van der Waals surface area contributed by atoms with E-state index in [4.69, 9.17) is 9.73 Å². The number of ether oxygens (including phenoxy) is 1. The number of carbonyl (C=O) groups excluding carboxylic acids is 1. The molecule has 0 aliphatic carbocycles. The van der Waals surface area contributed by atoms with Gasteiger partial charge in [0.15, 0.2) is 5.96 Å². The number of carbonyl (C=O) groups is 1. The molecular formula is C21H44IN5O2. The largest absolute Gasteiger partial charge is 0.444 e. The Kier molecular flexibility index (Phi) is 14.7. The van der Waals surface area contributed by atoms with E-state index in [1.54, 1.807) is 0 Å². The number of hydrogen-bond acceptors (Lipinski definition) is 4. The lowest BCUT2D eigenvalue weighted by molar-refractivity contribution is 0.0507. The second kappa shape index (κ2) is 15.1. The molecule has 0 radical (unpaired) electrons. The van der Waals surface area contributed by atoms with E-state index in [0.717, 1.165) is 45.0 Å². The molecule has 2 N–H and O–H groups in total. The normalized spacial score (nSPS) is 17.3. The number of alkyl carbamates (subject to hydrolysis) is 1. The van der Waals surface area contributed by atoms with Gasteiger partial charge in [0.2, 0.25) is 0 Å². The van der Waals surface area contributed by atoms with E-state index in [1.807, 2.05) is 20.8 Å². The van der Waals surface area contributed by atoms with Crippen LogP contribution in [0, 0.1) is 0 Å². The zero-order valence-electron chi connectivity index (χ0n) is 19.4. The monoisotopic (exact) mass is 525 g/mol. The molecule has 0 aromatic rings. The van der Waals surface area contributed by atoms with Crippen LogP contribution in [0.3, 0.4) is 0 Å². The molecule has 0 aromatic heterocycles. The third-order valence-corrected chi connectivity index (χ3v) is 4.57. The predicted octanol–water partition coefficient (Wildman–Crippen LogP) is 3.68. The predicted molar refractivity (Wildman–Crippen MR) is 132 cm³/mol. The Labute approximate surface area is 195 Å². The van der Waals surface area contributed by atoms with Crippen molar-refractivity contribution in [3.8, 4) is 0 Å². The van der Waals surface area contributed by atoms with Gasteiger partial charge in [-0.05, 0) is 67.6 Å². The van der Waals surface area contributed by atoms with E-state index >= 15 is 0 Å². The first kappa shape index (κ1) is 28.2. The van der Waals surface area contributed by atoms with Crippen LogP contribution < -0.4 is 10.6 Å². The Morgan fingerprint density at radius 3 is 2.45 bits per heavy atom. The lowest BCUT2D eigenvalue weighted by atomic mass is 10.1. The summed E-state index contributed by atoms with van der Waals surface area (Å²) < 4.78 is 5.36. The number of amides is 1. The third-order valence-electron chi connectivity index (χ3n) is 4.57. The van der Waals surface area contributed by atoms with Crippen molar-refractivity contribution in [2.45, 2.75) is 77.9 Å². The second-order valence-electron chi connectivity index (χ2n) is 8.88. The van der Waals surface area contributed by atoms with Crippen LogP contribution in [0.1, 0.15) is 66.2 Å². The van der Waals surface area contributed by atoms with Crippen LogP contribution in [-0.4, -0.2) is 80.3 Å². The standard InChI is InChI=1S/C21H43N5O2.HI/c1-7-22-19(23-14-11-9-8-10-12-15-25(5)6)26-16-13-18(17-26)24-20(27)28-21(2,3)4;/h18H,7-17H2,1-6H3,(H,22,23)(H,24,27);1H. The Bertz CT molecular complexity index is 480. The smallest absolute Gasteiger partial charge is 0.407 e. The molecule has 0 bridgehead atoms. The molecule has 7 nitrogen and oxygen atoms in total. The average Bonchev–Trinajstić information content (AvgIpc) is 3.02. The van der Waals surface area contributed by atoms with Crippen molar-refractivity contribution in [2.24, 2.45) is 4.99 Å². The summed E-state index contributed by atoms with van der Waals surface area (Å²) in [5, 5.41) is 6.36. The molecule has 0 spiro atoms. The van der Waals surface area contributed by atoms with Crippen molar-refractivity contribution < 1.29 is 9.53 Å². The molecule has 1 unspecified atom stereocenters. The maximum absolute atomic E-state index is 12.0. The zero-order valence-corrected chi connectivity index (χ0v) is 21.8. The van der Waals surface area contributed by atoms with Gasteiger partial charge in [-0.2, -0.15) is 0 Å². The number of nitrogens with zero attached hydrogens (tertiary/aromatic N) is 3. The summed E-state index contributed by atoms with van der Waals surface area (Å²) in [6.45, 7) is 12.3. The Hall–Kier alpha value is -0.770. The highest BCUT2D eigenvalue weighted by atomic mass is 127. The Morgan fingerprint density at radius 1 is 1.17 bits per heavy atom. The summed E-state index contributed by atoms with van der Waals surface area (Å²) in [4.78, 5) is 21.2. The van der Waals surface area contributed by atoms with E-state index in [9.17, 15) is 4.79 Å². The van der Waals surface area contributed by atoms with Crippen molar-refractivity contribution in [1.29, 1.82) is 0 Å². The van der Waals surface area contributed by atoms with E-state index in [2.05, 4.69) is 41.5 Å². The lowest BCUT2D eigenvalue weighted by Crippen LogP contribution is -2.44. The number of halogens is 1. The molecule has 1 rings (SSSR count). The fraction of sp³-hybridized carbons (Fsp3) is 0.905. The van der Waals surface area contributed by atoms with Gasteiger partial charge < -0.3 is 25.2 Å². The van der Waals surface area contributed by atoms with Gasteiger partial charge in [-0.15, -0.1) is 24.0 Å². The summed E-state index contributed by atoms with van der Waals surface area (Å²) in [6, 6.07) is 0.107. The molecular weight excluding hydrogens is 481 g/mol. The molecule has 0 saturated carbocycles. The lowest BCUT2D eigenvalue weighted by Gasteiger charge is -2.23. The van der Waals surface area contributed by atoms with Crippen LogP contribution in [0.15, 0.2) is 4.99 Å². The van der Waals surface area contributed by atoms with E-state index in [1.165, 1.54) is 32.2 Å². The summed E-state index contributed by atoms with van der Waals surface area (Å²) in [5.41, 5.74) is -0.467. The highest BCUT2D eigenvalue weighted by molar-refractivity contribution is 14.0. The third kappa shape index (κ3) is 14.0. The quantitative estimate of drug-likeness (QED) is 0.197. The zero-order chi connectivity index (χ0) is 21.0. The van der Waals surface area contributed by atoms with Gasteiger partial charge in [-0.1, -0.05) is 19.3 Å². The van der Waals surface area contributed by atoms with Crippen molar-refractivity contribution in [3.63, 3.8) is 0 Å². The molecule has 1 saturated heterocycles. The molecule has 1 aliphatic rings. The summed E-state index contributed by atoms with van der Waals surface area (Å²) in [6.07, 6.45) is 6.80. The van der Waals surface area contributed by atoms with Gasteiger partial charge in [-0.25, -0.2) is 4.79 Å². The van der Waals surface area contributed by atoms with E-state index in [-0.39, 0.29) is 36.1 Å². The molecule has 29 heavy (non-hydrogen) atoms. The van der Waals surface area contributed by atoms with Gasteiger partial charge in [0.25, 0.3) is 0 Å². The van der Waals surface area contributed by atoms with Crippen LogP contribution >= 0.6 is 24.0 Å². The number of unbranched alkanes of at least 4 members (excludes halogenated alkanes) is 4. The van der Waals surface area contributed by atoms with Crippen LogP contribution in [-0.2, 0) is 4.74 Å². The first-order valence-corrected chi connectivity index (χ1v) is 10.9. The number of guanidine groups is 1. The molecule has 0 aromatic carbocycles. The van der Waals surface area contributed by atoms with Gasteiger partial charge in [-0.3, -0.25) is 4.99 Å². The highest BCUT2D eigenvalue weighted by Gasteiger charge is 2.27. The van der Waals surface area contributed by atoms with Gasteiger partial charge in [0.1, 0.15) is 5.60 Å². The van der Waals surface area contributed by atoms with Crippen molar-refractivity contribution in [2.75, 3.05) is 46.8 Å². The van der Waals surface area contributed by atoms with Crippen LogP contribution in [0.5, 0.6) is 0 Å². The molecule has 1 aliphatic heterocycles. The first-order chi connectivity index (χ1) is 13.2. The van der Waals surface area contributed by atoms with Crippen LogP contribution in [0.2, 0.25) is 0 Å². The maximum atomic E-state index is 12.0. The second-order valence-corrected chi connectivity index (χ2v) is 8.88. The maximum Gasteiger partial charge on any atom is 0.407 e. The van der Waals surface area contributed by atoms with Crippen molar-refractivity contribution in [3.05, 3.63) is 0 Å². The molecule has 1 atom stereocenters. The number of rotatable bonds is 10. The Morgan fingerprint density at radius 2 is 1.83 bits per heavy atom. The fourth-order valence-corrected chi connectivity index (χ4v) is 3.23. The summed E-state index contributed by atoms with van der Waals surface area (Å²) >= 11 is 0. The number of likely N-dealkylation sites (tertiary alicyclic amines) is 1. The minimum atomic E-state index is -0.467. The van der Waals surface area contributed by atoms with Crippen LogP contribution in [0.4, 0.5) is 4.79 Å². The van der Waals surface area contributed by atoms with Crippen LogP contribution in [0.25, 0.3) is 0 Å². The molecule has 172 valence electrons. The van der Waals surface area contributed by atoms with Gasteiger partial charge in [0.05, 0.1) is 6.04 Å². The SMILES string of the molecule is CCNC(=NCCCCCCCN(C)C)N1CCC(NC(=O)OC(C)(C)C)C1.I. The molecule has 1 heterocycles. The minimum absolute atomic E-state index is 0. The average molecular weight is 526 g/mol. The number of nitrogens with one attached hydrogen (secondary N) is 2. The number of aliphatic imine (C=N–C) groups is 1. The van der Waals surface area contributed by atoms with Crippen molar-refractivity contribution >= 4 is 36.0 Å².